The van der Waals surface area contributed by atoms with Crippen molar-refractivity contribution in [2.24, 2.45) is 0 Å². The third-order valence-electron chi connectivity index (χ3n) is 3.87. The van der Waals surface area contributed by atoms with E-state index < -0.39 is 9.84 Å². The predicted octanol–water partition coefficient (Wildman–Crippen LogP) is 1.97. The Hall–Kier alpha value is -1.82. The molecule has 1 N–H and O–H groups in total. The molecule has 0 bridgehead atoms. The van der Waals surface area contributed by atoms with Gasteiger partial charge in [-0.3, -0.25) is 4.79 Å². The second-order valence-electron chi connectivity index (χ2n) is 5.63. The zero-order valence-corrected chi connectivity index (χ0v) is 12.8. The van der Waals surface area contributed by atoms with Crippen LogP contribution in [0.25, 0.3) is 11.0 Å². The highest BCUT2D eigenvalue weighted by molar-refractivity contribution is 7.91. The number of furan rings is 1. The van der Waals surface area contributed by atoms with Crippen LogP contribution in [0.2, 0.25) is 0 Å². The third-order valence-corrected chi connectivity index (χ3v) is 5.64. The zero-order chi connectivity index (χ0) is 15.2. The highest BCUT2D eigenvalue weighted by atomic mass is 32.2. The first-order chi connectivity index (χ1) is 9.85. The van der Waals surface area contributed by atoms with Crippen LogP contribution in [0.4, 0.5) is 0 Å². The number of hydrogen-bond donors (Lipinski definition) is 1. The minimum Gasteiger partial charge on any atom is -0.451 e. The summed E-state index contributed by atoms with van der Waals surface area (Å²) in [6, 6.07) is 5.46. The Bertz CT molecular complexity index is 820. The molecular formula is C15H17NO4S. The van der Waals surface area contributed by atoms with Gasteiger partial charge < -0.3 is 9.73 Å². The summed E-state index contributed by atoms with van der Waals surface area (Å²) in [6.07, 6.45) is 0.465. The third kappa shape index (κ3) is 2.68. The lowest BCUT2D eigenvalue weighted by Gasteiger charge is -2.09. The average molecular weight is 307 g/mol. The van der Waals surface area contributed by atoms with Crippen LogP contribution in [-0.2, 0) is 9.84 Å². The van der Waals surface area contributed by atoms with E-state index >= 15 is 0 Å². The number of rotatable bonds is 2. The van der Waals surface area contributed by atoms with Crippen molar-refractivity contribution >= 4 is 26.7 Å². The van der Waals surface area contributed by atoms with Gasteiger partial charge in [-0.1, -0.05) is 12.1 Å². The van der Waals surface area contributed by atoms with Crippen molar-refractivity contribution in [2.75, 3.05) is 11.5 Å². The average Bonchev–Trinajstić information content (AvgIpc) is 2.90. The number of carbonyl (C=O) groups is 1. The Labute approximate surface area is 123 Å². The Morgan fingerprint density at radius 3 is 2.76 bits per heavy atom. The smallest absolute Gasteiger partial charge is 0.287 e. The molecule has 0 aliphatic carbocycles. The number of carbonyl (C=O) groups excluding carboxylic acids is 1. The molecule has 0 spiro atoms. The first-order valence-corrected chi connectivity index (χ1v) is 8.69. The number of aryl methyl sites for hydroxylation is 2. The number of benzene rings is 1. The largest absolute Gasteiger partial charge is 0.451 e. The fourth-order valence-electron chi connectivity index (χ4n) is 2.71. The van der Waals surface area contributed by atoms with Crippen LogP contribution >= 0.6 is 0 Å². The van der Waals surface area contributed by atoms with E-state index in [4.69, 9.17) is 4.42 Å². The molecule has 0 radical (unpaired) electrons. The SMILES string of the molecule is Cc1ccc2c(C)c(C(=O)N[C@H]3CCS(=O)(=O)C3)oc2c1. The van der Waals surface area contributed by atoms with Gasteiger partial charge in [-0.05, 0) is 31.9 Å². The first-order valence-electron chi connectivity index (χ1n) is 6.87. The molecule has 1 aliphatic rings. The molecule has 3 rings (SSSR count). The molecule has 21 heavy (non-hydrogen) atoms. The predicted molar refractivity (Wildman–Crippen MR) is 80.2 cm³/mol. The molecule has 0 unspecified atom stereocenters. The second kappa shape index (κ2) is 4.87. The van der Waals surface area contributed by atoms with Gasteiger partial charge in [-0.2, -0.15) is 0 Å². The van der Waals surface area contributed by atoms with Crippen LogP contribution in [0.5, 0.6) is 0 Å². The van der Waals surface area contributed by atoms with Crippen LogP contribution < -0.4 is 5.32 Å². The van der Waals surface area contributed by atoms with Crippen molar-refractivity contribution in [3.63, 3.8) is 0 Å². The lowest BCUT2D eigenvalue weighted by molar-refractivity contribution is 0.0914. The highest BCUT2D eigenvalue weighted by Crippen LogP contribution is 2.26. The van der Waals surface area contributed by atoms with E-state index in [1.807, 2.05) is 32.0 Å². The van der Waals surface area contributed by atoms with Crippen molar-refractivity contribution in [1.29, 1.82) is 0 Å². The molecule has 1 aromatic heterocycles. The summed E-state index contributed by atoms with van der Waals surface area (Å²) in [7, 11) is -3.01. The van der Waals surface area contributed by atoms with Crippen molar-refractivity contribution in [2.45, 2.75) is 26.3 Å². The second-order valence-corrected chi connectivity index (χ2v) is 7.86. The fraction of sp³-hybridized carbons (Fsp3) is 0.400. The van der Waals surface area contributed by atoms with E-state index in [1.165, 1.54) is 0 Å². The Morgan fingerprint density at radius 2 is 2.10 bits per heavy atom. The van der Waals surface area contributed by atoms with Crippen LogP contribution in [0, 0.1) is 13.8 Å². The molecule has 1 fully saturated rings. The van der Waals surface area contributed by atoms with E-state index in [1.54, 1.807) is 0 Å². The van der Waals surface area contributed by atoms with Gasteiger partial charge in [0.1, 0.15) is 5.58 Å². The Kier molecular flexibility index (Phi) is 3.28. The van der Waals surface area contributed by atoms with Crippen molar-refractivity contribution in [3.05, 3.63) is 35.1 Å². The van der Waals surface area contributed by atoms with Gasteiger partial charge in [0.25, 0.3) is 5.91 Å². The van der Waals surface area contributed by atoms with Gasteiger partial charge >= 0.3 is 0 Å². The summed E-state index contributed by atoms with van der Waals surface area (Å²) < 4.78 is 28.5. The summed E-state index contributed by atoms with van der Waals surface area (Å²) in [5.74, 6) is 0.0660. The first kappa shape index (κ1) is 14.1. The van der Waals surface area contributed by atoms with Crippen LogP contribution in [0.3, 0.4) is 0 Å². The normalized spacial score (nSPS) is 20.8. The maximum Gasteiger partial charge on any atom is 0.287 e. The number of sulfone groups is 1. The standard InChI is InChI=1S/C15H17NO4S/c1-9-3-4-12-10(2)14(20-13(12)7-9)15(17)16-11-5-6-21(18,19)8-11/h3-4,7,11H,5-6,8H2,1-2H3,(H,16,17)/t11-/m0/s1. The molecule has 0 saturated carbocycles. The van der Waals surface area contributed by atoms with Crippen LogP contribution in [-0.4, -0.2) is 31.9 Å². The van der Waals surface area contributed by atoms with Gasteiger partial charge in [0, 0.05) is 17.0 Å². The van der Waals surface area contributed by atoms with Gasteiger partial charge in [0.2, 0.25) is 0 Å². The summed E-state index contributed by atoms with van der Waals surface area (Å²) in [6.45, 7) is 3.79. The monoisotopic (exact) mass is 307 g/mol. The molecule has 2 aromatic rings. The molecular weight excluding hydrogens is 290 g/mol. The zero-order valence-electron chi connectivity index (χ0n) is 12.0. The Balaban J connectivity index is 1.87. The van der Waals surface area contributed by atoms with Crippen LogP contribution in [0.15, 0.2) is 22.6 Å². The Morgan fingerprint density at radius 1 is 1.33 bits per heavy atom. The molecule has 112 valence electrons. The molecule has 1 amide bonds. The maximum absolute atomic E-state index is 12.3. The number of fused-ring (bicyclic) bond motifs is 1. The quantitative estimate of drug-likeness (QED) is 0.920. The lowest BCUT2D eigenvalue weighted by Crippen LogP contribution is -2.35. The molecule has 1 aromatic carbocycles. The van der Waals surface area contributed by atoms with Gasteiger partial charge in [0.05, 0.1) is 11.5 Å². The van der Waals surface area contributed by atoms with Crippen molar-refractivity contribution < 1.29 is 17.6 Å². The molecule has 1 saturated heterocycles. The van der Waals surface area contributed by atoms with Gasteiger partial charge in [-0.15, -0.1) is 0 Å². The lowest BCUT2D eigenvalue weighted by atomic mass is 10.1. The molecule has 1 atom stereocenters. The number of amides is 1. The fourth-order valence-corrected chi connectivity index (χ4v) is 4.38. The molecule has 5 nitrogen and oxygen atoms in total. The van der Waals surface area contributed by atoms with Crippen molar-refractivity contribution in [3.8, 4) is 0 Å². The topological polar surface area (TPSA) is 76.4 Å². The number of nitrogens with one attached hydrogen (secondary N) is 1. The minimum absolute atomic E-state index is 0.0110. The molecule has 2 heterocycles. The maximum atomic E-state index is 12.3. The minimum atomic E-state index is -3.01. The summed E-state index contributed by atoms with van der Waals surface area (Å²) >= 11 is 0. The van der Waals surface area contributed by atoms with Crippen molar-refractivity contribution in [1.82, 2.24) is 5.32 Å². The van der Waals surface area contributed by atoms with E-state index in [0.717, 1.165) is 16.5 Å². The van der Waals surface area contributed by atoms with Gasteiger partial charge in [0.15, 0.2) is 15.6 Å². The van der Waals surface area contributed by atoms with Crippen LogP contribution in [0.1, 0.15) is 28.1 Å². The molecule has 6 heteroatoms. The summed E-state index contributed by atoms with van der Waals surface area (Å²) in [5, 5.41) is 3.66. The number of hydrogen-bond acceptors (Lipinski definition) is 4. The van der Waals surface area contributed by atoms with E-state index in [0.29, 0.717) is 12.0 Å². The molecule has 1 aliphatic heterocycles. The van der Waals surface area contributed by atoms with E-state index in [9.17, 15) is 13.2 Å². The summed E-state index contributed by atoms with van der Waals surface area (Å²) in [5.41, 5.74) is 2.52. The summed E-state index contributed by atoms with van der Waals surface area (Å²) in [4.78, 5) is 12.3. The van der Waals surface area contributed by atoms with E-state index in [2.05, 4.69) is 5.32 Å². The van der Waals surface area contributed by atoms with Gasteiger partial charge in [-0.25, -0.2) is 8.42 Å². The highest BCUT2D eigenvalue weighted by Gasteiger charge is 2.30. The van der Waals surface area contributed by atoms with E-state index in [-0.39, 0.29) is 29.2 Å².